The van der Waals surface area contributed by atoms with Crippen molar-refractivity contribution in [3.8, 4) is 0 Å². The molecule has 0 spiro atoms. The molecule has 0 radical (unpaired) electrons. The fourth-order valence-electron chi connectivity index (χ4n) is 2.92. The normalized spacial score (nSPS) is 24.1. The van der Waals surface area contributed by atoms with Crippen LogP contribution in [0, 0.1) is 5.92 Å². The number of carboxylic acid groups (broad SMARTS) is 1. The summed E-state index contributed by atoms with van der Waals surface area (Å²) in [4.78, 5) is 16.3. The minimum absolute atomic E-state index is 0.0355. The van der Waals surface area contributed by atoms with Crippen molar-refractivity contribution in [1.82, 2.24) is 4.90 Å². The van der Waals surface area contributed by atoms with E-state index in [1.165, 1.54) is 0 Å². The Kier molecular flexibility index (Phi) is 4.61. The average Bonchev–Trinajstić information content (AvgIpc) is 2.89. The van der Waals surface area contributed by atoms with Gasteiger partial charge in [0.25, 0.3) is 0 Å². The molecule has 106 valence electrons. The average molecular weight is 274 g/mol. The van der Waals surface area contributed by atoms with Crippen molar-refractivity contribution in [1.29, 1.82) is 0 Å². The summed E-state index contributed by atoms with van der Waals surface area (Å²) >= 11 is 0. The van der Waals surface area contributed by atoms with Gasteiger partial charge in [-0.15, -0.1) is 0 Å². The van der Waals surface area contributed by atoms with Gasteiger partial charge in [-0.1, -0.05) is 35.4 Å². The summed E-state index contributed by atoms with van der Waals surface area (Å²) in [6, 6.07) is 9.31. The lowest BCUT2D eigenvalue weighted by atomic mass is 9.99. The van der Waals surface area contributed by atoms with Gasteiger partial charge in [-0.3, -0.25) is 9.69 Å². The number of carboxylic acids is 1. The molecule has 0 saturated carbocycles. The van der Waals surface area contributed by atoms with Crippen LogP contribution >= 0.6 is 0 Å². The molecule has 0 amide bonds. The molecule has 1 aliphatic heterocycles. The summed E-state index contributed by atoms with van der Waals surface area (Å²) in [6.07, 6.45) is 0.743. The number of aliphatic carboxylic acids is 1. The Morgan fingerprint density at radius 1 is 1.55 bits per heavy atom. The molecule has 1 fully saturated rings. The van der Waals surface area contributed by atoms with Crippen LogP contribution in [0.4, 0.5) is 0 Å². The third kappa shape index (κ3) is 2.92. The first-order chi connectivity index (χ1) is 9.65. The Labute approximate surface area is 117 Å². The molecular weight excluding hydrogens is 256 g/mol. The van der Waals surface area contributed by atoms with Gasteiger partial charge >= 0.3 is 5.97 Å². The van der Waals surface area contributed by atoms with E-state index >= 15 is 0 Å². The number of benzene rings is 1. The third-order valence-electron chi connectivity index (χ3n) is 3.97. The van der Waals surface area contributed by atoms with Crippen molar-refractivity contribution in [2.75, 3.05) is 13.1 Å². The van der Waals surface area contributed by atoms with Crippen LogP contribution in [0.15, 0.2) is 35.4 Å². The van der Waals surface area contributed by atoms with E-state index in [4.69, 9.17) is 5.53 Å². The van der Waals surface area contributed by atoms with Crippen molar-refractivity contribution in [3.05, 3.63) is 46.3 Å². The molecule has 1 heterocycles. The maximum absolute atomic E-state index is 11.5. The largest absolute Gasteiger partial charge is 0.480 e. The van der Waals surface area contributed by atoms with Crippen molar-refractivity contribution in [3.63, 3.8) is 0 Å². The molecule has 0 aliphatic carbocycles. The lowest BCUT2D eigenvalue weighted by Crippen LogP contribution is -2.41. The maximum Gasteiger partial charge on any atom is 0.321 e. The van der Waals surface area contributed by atoms with Gasteiger partial charge in [-0.05, 0) is 36.9 Å². The Balaban J connectivity index is 2.18. The molecule has 0 bridgehead atoms. The third-order valence-corrected chi connectivity index (χ3v) is 3.97. The van der Waals surface area contributed by atoms with E-state index in [9.17, 15) is 9.90 Å². The topological polar surface area (TPSA) is 89.3 Å². The molecule has 6 nitrogen and oxygen atoms in total. The first kappa shape index (κ1) is 14.4. The van der Waals surface area contributed by atoms with Gasteiger partial charge in [-0.2, -0.15) is 0 Å². The van der Waals surface area contributed by atoms with Crippen LogP contribution < -0.4 is 0 Å². The molecule has 0 unspecified atom stereocenters. The summed E-state index contributed by atoms with van der Waals surface area (Å²) in [5.74, 6) is -0.960. The lowest BCUT2D eigenvalue weighted by Gasteiger charge is -2.30. The fraction of sp³-hybridized carbons (Fsp3) is 0.500. The van der Waals surface area contributed by atoms with Crippen molar-refractivity contribution in [2.45, 2.75) is 25.4 Å². The first-order valence-corrected chi connectivity index (χ1v) is 6.69. The quantitative estimate of drug-likeness (QED) is 0.508. The van der Waals surface area contributed by atoms with Crippen molar-refractivity contribution in [2.24, 2.45) is 11.0 Å². The number of hydrogen-bond acceptors (Lipinski definition) is 3. The van der Waals surface area contributed by atoms with E-state index in [0.29, 0.717) is 6.54 Å². The Morgan fingerprint density at radius 3 is 2.85 bits per heavy atom. The first-order valence-electron chi connectivity index (χ1n) is 6.69. The molecule has 6 heteroatoms. The lowest BCUT2D eigenvalue weighted by molar-refractivity contribution is -0.144. The Hall–Kier alpha value is -2.04. The van der Waals surface area contributed by atoms with Crippen LogP contribution in [0.1, 0.15) is 24.9 Å². The van der Waals surface area contributed by atoms with Crippen LogP contribution in [-0.4, -0.2) is 35.1 Å². The molecule has 1 aromatic rings. The molecule has 1 N–H and O–H groups in total. The fourth-order valence-corrected chi connectivity index (χ4v) is 2.92. The SMILES string of the molecule is C[C@@H](c1ccccc1)N1CC[C@@H](CN=[N+]=[N-])[C@H]1C(=O)O. The van der Waals surface area contributed by atoms with E-state index < -0.39 is 12.0 Å². The van der Waals surface area contributed by atoms with Gasteiger partial charge in [0, 0.05) is 17.5 Å². The highest BCUT2D eigenvalue weighted by atomic mass is 16.4. The van der Waals surface area contributed by atoms with E-state index in [1.807, 2.05) is 42.2 Å². The highest BCUT2D eigenvalue weighted by Gasteiger charge is 2.41. The molecule has 1 aliphatic rings. The summed E-state index contributed by atoms with van der Waals surface area (Å²) in [6.45, 7) is 2.96. The van der Waals surface area contributed by atoms with Gasteiger partial charge in [0.15, 0.2) is 0 Å². The minimum Gasteiger partial charge on any atom is -0.480 e. The van der Waals surface area contributed by atoms with Gasteiger partial charge in [0.2, 0.25) is 0 Å². The number of hydrogen-bond donors (Lipinski definition) is 1. The second-order valence-corrected chi connectivity index (χ2v) is 5.07. The number of carbonyl (C=O) groups is 1. The predicted octanol–water partition coefficient (Wildman–Crippen LogP) is 2.83. The van der Waals surface area contributed by atoms with E-state index in [2.05, 4.69) is 10.0 Å². The van der Waals surface area contributed by atoms with Crippen LogP contribution in [0.3, 0.4) is 0 Å². The Bertz CT molecular complexity index is 513. The minimum atomic E-state index is -0.844. The number of likely N-dealkylation sites (tertiary alicyclic amines) is 1. The van der Waals surface area contributed by atoms with Gasteiger partial charge in [-0.25, -0.2) is 0 Å². The molecule has 3 atom stereocenters. The number of nitrogens with zero attached hydrogens (tertiary/aromatic N) is 4. The Morgan fingerprint density at radius 2 is 2.25 bits per heavy atom. The highest BCUT2D eigenvalue weighted by Crippen LogP contribution is 2.33. The molecular formula is C14H18N4O2. The zero-order valence-corrected chi connectivity index (χ0v) is 11.4. The van der Waals surface area contributed by atoms with Crippen molar-refractivity contribution < 1.29 is 9.90 Å². The molecule has 0 aromatic heterocycles. The van der Waals surface area contributed by atoms with Gasteiger partial charge in [0.1, 0.15) is 6.04 Å². The summed E-state index contributed by atoms with van der Waals surface area (Å²) in [5.41, 5.74) is 9.50. The molecule has 20 heavy (non-hydrogen) atoms. The van der Waals surface area contributed by atoms with Crippen LogP contribution in [0.5, 0.6) is 0 Å². The van der Waals surface area contributed by atoms with Crippen LogP contribution in [-0.2, 0) is 4.79 Å². The molecule has 1 aromatic carbocycles. The van der Waals surface area contributed by atoms with Gasteiger partial charge in [0.05, 0.1) is 0 Å². The predicted molar refractivity (Wildman–Crippen MR) is 75.1 cm³/mol. The zero-order chi connectivity index (χ0) is 14.5. The zero-order valence-electron chi connectivity index (χ0n) is 11.4. The molecule has 2 rings (SSSR count). The van der Waals surface area contributed by atoms with Gasteiger partial charge < -0.3 is 5.11 Å². The second kappa shape index (κ2) is 6.41. The van der Waals surface area contributed by atoms with Crippen LogP contribution in [0.2, 0.25) is 0 Å². The van der Waals surface area contributed by atoms with E-state index in [-0.39, 0.29) is 18.5 Å². The number of azide groups is 1. The van der Waals surface area contributed by atoms with E-state index in [0.717, 1.165) is 12.0 Å². The number of rotatable bonds is 5. The monoisotopic (exact) mass is 274 g/mol. The van der Waals surface area contributed by atoms with Crippen LogP contribution in [0.25, 0.3) is 10.4 Å². The molecule has 1 saturated heterocycles. The van der Waals surface area contributed by atoms with Crippen molar-refractivity contribution >= 4 is 5.97 Å². The standard InChI is InChI=1S/C14H18N4O2/c1-10(11-5-3-2-4-6-11)18-8-7-12(9-16-17-15)13(18)14(19)20/h2-6,10,12-13H,7-9H2,1H3,(H,19,20)/t10-,12-,13-/m0/s1. The summed E-state index contributed by atoms with van der Waals surface area (Å²) in [7, 11) is 0. The maximum atomic E-state index is 11.5. The second-order valence-electron chi connectivity index (χ2n) is 5.07. The smallest absolute Gasteiger partial charge is 0.321 e. The van der Waals surface area contributed by atoms with E-state index in [1.54, 1.807) is 0 Å². The summed E-state index contributed by atoms with van der Waals surface area (Å²) in [5, 5.41) is 13.0. The highest BCUT2D eigenvalue weighted by molar-refractivity contribution is 5.74. The summed E-state index contributed by atoms with van der Waals surface area (Å²) < 4.78 is 0.